The Morgan fingerprint density at radius 1 is 0.903 bits per heavy atom. The fourth-order valence-corrected chi connectivity index (χ4v) is 3.96. The van der Waals surface area contributed by atoms with Gasteiger partial charge in [-0.25, -0.2) is 0 Å². The van der Waals surface area contributed by atoms with Crippen molar-refractivity contribution < 1.29 is 9.21 Å². The molecule has 1 aromatic heterocycles. The van der Waals surface area contributed by atoms with Crippen LogP contribution in [0.1, 0.15) is 81.0 Å². The molecule has 2 aromatic carbocycles. The second-order valence-corrected chi connectivity index (χ2v) is 8.33. The molecule has 0 unspecified atom stereocenters. The number of hydrogen-bond acceptors (Lipinski definition) is 4. The number of benzene rings is 2. The number of hydrogen-bond donors (Lipinski definition) is 1. The largest absolute Gasteiger partial charge is 0.460 e. The Morgan fingerprint density at radius 3 is 2.16 bits per heavy atom. The lowest BCUT2D eigenvalue weighted by Gasteiger charge is -2.24. The molecular formula is C27H36N2O2. The molecule has 0 aliphatic carbocycles. The molecule has 0 aliphatic heterocycles. The van der Waals surface area contributed by atoms with E-state index in [4.69, 9.17) is 10.2 Å². The number of aryl methyl sites for hydroxylation is 1. The lowest BCUT2D eigenvalue weighted by molar-refractivity contribution is 0.103. The first-order valence-corrected chi connectivity index (χ1v) is 11.8. The minimum absolute atomic E-state index is 0.00988. The van der Waals surface area contributed by atoms with Crippen molar-refractivity contribution in [1.29, 1.82) is 0 Å². The fraction of sp³-hybridized carbons (Fsp3) is 0.444. The quantitative estimate of drug-likeness (QED) is 0.253. The molecule has 0 bridgehead atoms. The fourth-order valence-electron chi connectivity index (χ4n) is 3.96. The Hall–Kier alpha value is -2.75. The zero-order valence-corrected chi connectivity index (χ0v) is 19.2. The minimum Gasteiger partial charge on any atom is -0.460 e. The van der Waals surface area contributed by atoms with Crippen LogP contribution < -0.4 is 10.6 Å². The van der Waals surface area contributed by atoms with Crippen LogP contribution in [0, 0.1) is 0 Å². The standard InChI is InChI=1S/C27H36N2O2/c1-4-7-10-25-26(23-19-21(28)13-16-24(23)31-25)27(30)20-11-14-22(15-12-20)29(17-8-5-2)18-9-6-3/h11-16,19H,4-10,17-18,28H2,1-3H3. The second-order valence-electron chi connectivity index (χ2n) is 8.33. The van der Waals surface area contributed by atoms with Gasteiger partial charge in [-0.05, 0) is 61.7 Å². The number of furan rings is 1. The molecule has 0 radical (unpaired) electrons. The number of unbranched alkanes of at least 4 members (excludes halogenated alkanes) is 3. The maximum atomic E-state index is 13.5. The van der Waals surface area contributed by atoms with Gasteiger partial charge < -0.3 is 15.1 Å². The molecule has 3 aromatic rings. The van der Waals surface area contributed by atoms with Crippen molar-refractivity contribution in [3.8, 4) is 0 Å². The van der Waals surface area contributed by atoms with E-state index in [1.165, 1.54) is 31.4 Å². The van der Waals surface area contributed by atoms with Crippen molar-refractivity contribution in [1.82, 2.24) is 0 Å². The van der Waals surface area contributed by atoms with Gasteiger partial charge in [0.2, 0.25) is 0 Å². The van der Waals surface area contributed by atoms with Gasteiger partial charge in [-0.3, -0.25) is 4.79 Å². The van der Waals surface area contributed by atoms with Crippen molar-refractivity contribution in [2.45, 2.75) is 65.7 Å². The Bertz CT molecular complexity index is 980. The first kappa shape index (κ1) is 22.9. The Balaban J connectivity index is 1.91. The van der Waals surface area contributed by atoms with Crippen LogP contribution in [0.4, 0.5) is 11.4 Å². The molecule has 0 amide bonds. The lowest BCUT2D eigenvalue weighted by Crippen LogP contribution is -2.25. The van der Waals surface area contributed by atoms with Gasteiger partial charge in [-0.2, -0.15) is 0 Å². The van der Waals surface area contributed by atoms with Gasteiger partial charge in [-0.15, -0.1) is 0 Å². The van der Waals surface area contributed by atoms with Gasteiger partial charge in [0.1, 0.15) is 11.3 Å². The van der Waals surface area contributed by atoms with Crippen LogP contribution in [-0.4, -0.2) is 18.9 Å². The lowest BCUT2D eigenvalue weighted by atomic mass is 9.98. The average molecular weight is 421 g/mol. The molecule has 1 heterocycles. The van der Waals surface area contributed by atoms with Crippen LogP contribution in [0.25, 0.3) is 11.0 Å². The summed E-state index contributed by atoms with van der Waals surface area (Å²) in [6.07, 6.45) is 7.49. The van der Waals surface area contributed by atoms with Crippen LogP contribution >= 0.6 is 0 Å². The topological polar surface area (TPSA) is 59.5 Å². The van der Waals surface area contributed by atoms with Gasteiger partial charge in [0.05, 0.1) is 5.56 Å². The highest BCUT2D eigenvalue weighted by molar-refractivity contribution is 6.17. The predicted molar refractivity (Wildman–Crippen MR) is 131 cm³/mol. The Labute approximate surface area is 186 Å². The maximum absolute atomic E-state index is 13.5. The minimum atomic E-state index is 0.00988. The van der Waals surface area contributed by atoms with E-state index in [1.54, 1.807) is 0 Å². The molecule has 3 rings (SSSR count). The number of carbonyl (C=O) groups excluding carboxylic acids is 1. The van der Waals surface area contributed by atoms with Gasteiger partial charge in [0.15, 0.2) is 5.78 Å². The third-order valence-corrected chi connectivity index (χ3v) is 5.83. The SMILES string of the molecule is CCCCc1oc2ccc(N)cc2c1C(=O)c1ccc(N(CCCC)CCCC)cc1. The van der Waals surface area contributed by atoms with Crippen molar-refractivity contribution in [2.24, 2.45) is 0 Å². The summed E-state index contributed by atoms with van der Waals surface area (Å²) < 4.78 is 6.06. The molecule has 4 nitrogen and oxygen atoms in total. The molecule has 0 fully saturated rings. The van der Waals surface area contributed by atoms with Crippen LogP contribution in [0.5, 0.6) is 0 Å². The molecule has 166 valence electrons. The van der Waals surface area contributed by atoms with Crippen LogP contribution in [0.3, 0.4) is 0 Å². The number of nitrogens with two attached hydrogens (primary N) is 1. The van der Waals surface area contributed by atoms with E-state index in [-0.39, 0.29) is 5.78 Å². The summed E-state index contributed by atoms with van der Waals surface area (Å²) >= 11 is 0. The maximum Gasteiger partial charge on any atom is 0.197 e. The highest BCUT2D eigenvalue weighted by Crippen LogP contribution is 2.31. The number of carbonyl (C=O) groups is 1. The molecule has 0 saturated heterocycles. The monoisotopic (exact) mass is 420 g/mol. The van der Waals surface area contributed by atoms with Gasteiger partial charge in [0.25, 0.3) is 0 Å². The molecule has 0 aliphatic rings. The summed E-state index contributed by atoms with van der Waals surface area (Å²) in [6, 6.07) is 13.6. The molecule has 4 heteroatoms. The van der Waals surface area contributed by atoms with E-state index < -0.39 is 0 Å². The predicted octanol–water partition coefficient (Wildman–Crippen LogP) is 7.00. The highest BCUT2D eigenvalue weighted by atomic mass is 16.3. The van der Waals surface area contributed by atoms with E-state index >= 15 is 0 Å². The Kier molecular flexibility index (Phi) is 8.16. The third-order valence-electron chi connectivity index (χ3n) is 5.83. The van der Waals surface area contributed by atoms with E-state index in [9.17, 15) is 4.79 Å². The zero-order valence-electron chi connectivity index (χ0n) is 19.2. The van der Waals surface area contributed by atoms with Crippen molar-refractivity contribution in [2.75, 3.05) is 23.7 Å². The first-order valence-electron chi connectivity index (χ1n) is 11.8. The number of ketones is 1. The highest BCUT2D eigenvalue weighted by Gasteiger charge is 2.22. The van der Waals surface area contributed by atoms with E-state index in [0.717, 1.165) is 49.1 Å². The summed E-state index contributed by atoms with van der Waals surface area (Å²) in [6.45, 7) is 8.69. The third kappa shape index (κ3) is 5.49. The first-order chi connectivity index (χ1) is 15.1. The van der Waals surface area contributed by atoms with E-state index in [0.29, 0.717) is 16.8 Å². The summed E-state index contributed by atoms with van der Waals surface area (Å²) in [5.74, 6) is 0.778. The van der Waals surface area contributed by atoms with Gasteiger partial charge >= 0.3 is 0 Å². The zero-order chi connectivity index (χ0) is 22.2. The number of rotatable bonds is 12. The smallest absolute Gasteiger partial charge is 0.197 e. The van der Waals surface area contributed by atoms with Crippen LogP contribution in [0.2, 0.25) is 0 Å². The normalized spacial score (nSPS) is 11.2. The summed E-state index contributed by atoms with van der Waals surface area (Å²) in [5.41, 5.74) is 9.93. The summed E-state index contributed by atoms with van der Waals surface area (Å²) in [5, 5.41) is 0.813. The van der Waals surface area contributed by atoms with Gasteiger partial charge in [0, 0.05) is 41.8 Å². The van der Waals surface area contributed by atoms with Crippen LogP contribution in [0.15, 0.2) is 46.9 Å². The van der Waals surface area contributed by atoms with E-state index in [2.05, 4.69) is 37.8 Å². The van der Waals surface area contributed by atoms with Crippen LogP contribution in [-0.2, 0) is 6.42 Å². The molecule has 2 N–H and O–H groups in total. The average Bonchev–Trinajstić information content (AvgIpc) is 3.14. The molecule has 0 saturated carbocycles. The van der Waals surface area contributed by atoms with Crippen molar-refractivity contribution in [3.05, 3.63) is 59.4 Å². The van der Waals surface area contributed by atoms with Crippen molar-refractivity contribution in [3.63, 3.8) is 0 Å². The molecule has 0 atom stereocenters. The summed E-state index contributed by atoms with van der Waals surface area (Å²) in [4.78, 5) is 16.0. The molecular weight excluding hydrogens is 384 g/mol. The molecule has 31 heavy (non-hydrogen) atoms. The van der Waals surface area contributed by atoms with Gasteiger partial charge in [-0.1, -0.05) is 40.0 Å². The number of anilines is 2. The number of nitrogen functional groups attached to an aromatic ring is 1. The molecule has 0 spiro atoms. The second kappa shape index (κ2) is 11.0. The number of nitrogens with zero attached hydrogens (tertiary/aromatic N) is 1. The summed E-state index contributed by atoms with van der Waals surface area (Å²) in [7, 11) is 0. The van der Waals surface area contributed by atoms with E-state index in [1.807, 2.05) is 30.3 Å². The number of fused-ring (bicyclic) bond motifs is 1. The Morgan fingerprint density at radius 2 is 1.55 bits per heavy atom. The van der Waals surface area contributed by atoms with Crippen molar-refractivity contribution >= 4 is 28.1 Å².